The second kappa shape index (κ2) is 8.24. The number of piperidine rings is 1. The molecule has 2 N–H and O–H groups in total. The molecule has 3 atom stereocenters. The Bertz CT molecular complexity index is 1040. The van der Waals surface area contributed by atoms with Gasteiger partial charge in [0.2, 0.25) is 5.91 Å². The summed E-state index contributed by atoms with van der Waals surface area (Å²) in [5.41, 5.74) is 10.8. The molecule has 5 rings (SSSR count). The number of carbonyl (C=O) groups is 1. The second-order valence-corrected chi connectivity index (χ2v) is 9.61. The van der Waals surface area contributed by atoms with E-state index in [1.807, 2.05) is 15.5 Å². The first-order valence-electron chi connectivity index (χ1n) is 11.6. The maximum Gasteiger partial charge on any atom is 0.255 e. The molecule has 0 saturated carbocycles. The number of rotatable bonds is 3. The van der Waals surface area contributed by atoms with E-state index in [4.69, 9.17) is 5.73 Å². The number of pyridine rings is 1. The van der Waals surface area contributed by atoms with Crippen molar-refractivity contribution in [1.29, 1.82) is 0 Å². The fourth-order valence-electron chi connectivity index (χ4n) is 5.72. The summed E-state index contributed by atoms with van der Waals surface area (Å²) in [6.07, 6.45) is 3.27. The number of likely N-dealkylation sites (tertiary alicyclic amines) is 1. The summed E-state index contributed by atoms with van der Waals surface area (Å²) in [4.78, 5) is 30.1. The third-order valence-electron chi connectivity index (χ3n) is 7.21. The van der Waals surface area contributed by atoms with Crippen molar-refractivity contribution in [3.63, 3.8) is 0 Å². The topological polar surface area (TPSA) is 71.6 Å². The second-order valence-electron chi connectivity index (χ2n) is 9.61. The number of benzene rings is 1. The molecule has 0 unspecified atom stereocenters. The van der Waals surface area contributed by atoms with Crippen LogP contribution < -0.4 is 11.3 Å². The molecule has 31 heavy (non-hydrogen) atoms. The number of nitrogens with zero attached hydrogens (tertiary/aromatic N) is 3. The number of carbonyl (C=O) groups excluding carboxylic acids is 1. The number of amides is 1. The molecule has 1 fully saturated rings. The van der Waals surface area contributed by atoms with Gasteiger partial charge in [-0.05, 0) is 55.8 Å². The Labute approximate surface area is 183 Å². The molecule has 4 heterocycles. The molecule has 2 bridgehead atoms. The summed E-state index contributed by atoms with van der Waals surface area (Å²) in [5.74, 6) is 0.567. The lowest BCUT2D eigenvalue weighted by Gasteiger charge is -2.43. The molecular weight excluding hydrogens is 388 g/mol. The average molecular weight is 421 g/mol. The third-order valence-corrected chi connectivity index (χ3v) is 7.21. The first kappa shape index (κ1) is 20.5. The number of aryl methyl sites for hydroxylation is 1. The monoisotopic (exact) mass is 420 g/mol. The van der Waals surface area contributed by atoms with Crippen LogP contribution in [0.4, 0.5) is 0 Å². The SMILES string of the molecule is C[C@H](N)C(=O)N1C[C@@H]2C[C@H](C1)c1ccc(CN3CCCc4ccccc4C3)c(=O)n1C2. The largest absolute Gasteiger partial charge is 0.340 e. The third kappa shape index (κ3) is 3.94. The Kier molecular flexibility index (Phi) is 5.44. The smallest absolute Gasteiger partial charge is 0.255 e. The van der Waals surface area contributed by atoms with Crippen molar-refractivity contribution >= 4 is 5.91 Å². The Hall–Kier alpha value is -2.44. The zero-order chi connectivity index (χ0) is 21.5. The fraction of sp³-hybridized carbons (Fsp3) is 0.520. The predicted octanol–water partition coefficient (Wildman–Crippen LogP) is 2.09. The molecule has 6 heteroatoms. The zero-order valence-corrected chi connectivity index (χ0v) is 18.3. The quantitative estimate of drug-likeness (QED) is 0.825. The highest BCUT2D eigenvalue weighted by atomic mass is 16.2. The Morgan fingerprint density at radius 3 is 2.74 bits per heavy atom. The van der Waals surface area contributed by atoms with Crippen LogP contribution in [0.25, 0.3) is 0 Å². The van der Waals surface area contributed by atoms with Gasteiger partial charge < -0.3 is 15.2 Å². The van der Waals surface area contributed by atoms with Crippen molar-refractivity contribution in [1.82, 2.24) is 14.4 Å². The lowest BCUT2D eigenvalue weighted by atomic mass is 9.82. The molecule has 1 saturated heterocycles. The number of hydrogen-bond donors (Lipinski definition) is 1. The lowest BCUT2D eigenvalue weighted by Crippen LogP contribution is -2.52. The van der Waals surface area contributed by atoms with Gasteiger partial charge in [0.05, 0.1) is 6.04 Å². The molecular formula is C25H32N4O2. The highest BCUT2D eigenvalue weighted by Crippen LogP contribution is 2.35. The van der Waals surface area contributed by atoms with E-state index in [0.29, 0.717) is 32.1 Å². The summed E-state index contributed by atoms with van der Waals surface area (Å²) in [7, 11) is 0. The lowest BCUT2D eigenvalue weighted by molar-refractivity contribution is -0.134. The summed E-state index contributed by atoms with van der Waals surface area (Å²) in [6, 6.07) is 12.3. The molecule has 3 aliphatic rings. The Balaban J connectivity index is 1.37. The van der Waals surface area contributed by atoms with Crippen LogP contribution in [0.1, 0.15) is 48.1 Å². The molecule has 2 aromatic rings. The van der Waals surface area contributed by atoms with Crippen molar-refractivity contribution in [2.45, 2.75) is 57.8 Å². The molecule has 164 valence electrons. The van der Waals surface area contributed by atoms with Crippen molar-refractivity contribution in [3.8, 4) is 0 Å². The van der Waals surface area contributed by atoms with Crippen LogP contribution in [-0.2, 0) is 30.8 Å². The molecule has 1 aromatic heterocycles. The minimum Gasteiger partial charge on any atom is -0.340 e. The van der Waals surface area contributed by atoms with E-state index >= 15 is 0 Å². The van der Waals surface area contributed by atoms with Crippen molar-refractivity contribution in [2.24, 2.45) is 11.7 Å². The highest BCUT2D eigenvalue weighted by molar-refractivity contribution is 5.81. The Morgan fingerprint density at radius 1 is 1.13 bits per heavy atom. The van der Waals surface area contributed by atoms with Gasteiger partial charge in [-0.25, -0.2) is 0 Å². The van der Waals surface area contributed by atoms with E-state index in [-0.39, 0.29) is 17.4 Å². The molecule has 3 aliphatic heterocycles. The van der Waals surface area contributed by atoms with Gasteiger partial charge in [0.25, 0.3) is 5.56 Å². The minimum atomic E-state index is -0.470. The Morgan fingerprint density at radius 2 is 1.94 bits per heavy atom. The number of hydrogen-bond acceptors (Lipinski definition) is 4. The summed E-state index contributed by atoms with van der Waals surface area (Å²) in [6.45, 7) is 6.42. The van der Waals surface area contributed by atoms with Gasteiger partial charge in [0.1, 0.15) is 0 Å². The fourth-order valence-corrected chi connectivity index (χ4v) is 5.72. The average Bonchev–Trinajstić information content (AvgIpc) is 2.97. The van der Waals surface area contributed by atoms with Crippen LogP contribution in [0.5, 0.6) is 0 Å². The molecule has 0 spiro atoms. The van der Waals surface area contributed by atoms with Crippen LogP contribution >= 0.6 is 0 Å². The van der Waals surface area contributed by atoms with E-state index in [1.54, 1.807) is 6.92 Å². The van der Waals surface area contributed by atoms with Gasteiger partial charge in [0, 0.05) is 49.9 Å². The number of fused-ring (bicyclic) bond motifs is 5. The normalized spacial score (nSPS) is 24.1. The van der Waals surface area contributed by atoms with Crippen LogP contribution in [0, 0.1) is 5.92 Å². The zero-order valence-electron chi connectivity index (χ0n) is 18.3. The summed E-state index contributed by atoms with van der Waals surface area (Å²) in [5, 5.41) is 0. The minimum absolute atomic E-state index is 0.0172. The molecule has 1 aromatic carbocycles. The first-order valence-corrected chi connectivity index (χ1v) is 11.6. The van der Waals surface area contributed by atoms with Gasteiger partial charge in [-0.2, -0.15) is 0 Å². The van der Waals surface area contributed by atoms with Crippen LogP contribution in [0.15, 0.2) is 41.2 Å². The van der Waals surface area contributed by atoms with Crippen LogP contribution in [0.3, 0.4) is 0 Å². The summed E-state index contributed by atoms with van der Waals surface area (Å²) >= 11 is 0. The van der Waals surface area contributed by atoms with E-state index in [2.05, 4.69) is 35.2 Å². The van der Waals surface area contributed by atoms with Gasteiger partial charge in [-0.3, -0.25) is 14.5 Å². The standard InChI is InChI=1S/C25H32N4O2/c1-17(26)24(30)28-12-18-11-22(16-28)23-9-8-21(25(31)29(23)13-18)15-27-10-4-7-19-5-2-3-6-20(19)14-27/h2-3,5-6,8-9,17-18,22H,4,7,10-16,26H2,1H3/t17-,18-,22+/m0/s1. The maximum absolute atomic E-state index is 13.4. The van der Waals surface area contributed by atoms with Gasteiger partial charge >= 0.3 is 0 Å². The van der Waals surface area contributed by atoms with E-state index < -0.39 is 6.04 Å². The predicted molar refractivity (Wildman–Crippen MR) is 121 cm³/mol. The van der Waals surface area contributed by atoms with Gasteiger partial charge in [-0.1, -0.05) is 30.3 Å². The van der Waals surface area contributed by atoms with E-state index in [0.717, 1.165) is 43.6 Å². The van der Waals surface area contributed by atoms with E-state index in [9.17, 15) is 9.59 Å². The van der Waals surface area contributed by atoms with Gasteiger partial charge in [0.15, 0.2) is 0 Å². The molecule has 6 nitrogen and oxygen atoms in total. The van der Waals surface area contributed by atoms with E-state index in [1.165, 1.54) is 11.1 Å². The maximum atomic E-state index is 13.4. The molecule has 0 aliphatic carbocycles. The van der Waals surface area contributed by atoms with Crippen molar-refractivity contribution in [2.75, 3.05) is 19.6 Å². The highest BCUT2D eigenvalue weighted by Gasteiger charge is 2.37. The van der Waals surface area contributed by atoms with Crippen LogP contribution in [0.2, 0.25) is 0 Å². The summed E-state index contributed by atoms with van der Waals surface area (Å²) < 4.78 is 1.99. The first-order chi connectivity index (χ1) is 15.0. The van der Waals surface area contributed by atoms with Crippen LogP contribution in [-0.4, -0.2) is 46.0 Å². The molecule has 0 radical (unpaired) electrons. The van der Waals surface area contributed by atoms with Gasteiger partial charge in [-0.15, -0.1) is 0 Å². The molecule has 1 amide bonds. The van der Waals surface area contributed by atoms with Crippen molar-refractivity contribution in [3.05, 3.63) is 69.1 Å². The number of nitrogens with two attached hydrogens (primary N) is 1. The number of aromatic nitrogens is 1. The van der Waals surface area contributed by atoms with Crippen molar-refractivity contribution < 1.29 is 4.79 Å².